The molecule has 7 nitrogen and oxygen atoms in total. The number of benzene rings is 1. The van der Waals surface area contributed by atoms with Gasteiger partial charge in [0.05, 0.1) is 19.1 Å². The van der Waals surface area contributed by atoms with Gasteiger partial charge < -0.3 is 10.5 Å². The topological polar surface area (TPSA) is 98.7 Å². The molecule has 2 aliphatic rings. The lowest BCUT2D eigenvalue weighted by Crippen LogP contribution is -2.59. The molecule has 0 bridgehead atoms. The average Bonchev–Trinajstić information content (AvgIpc) is 3.10. The van der Waals surface area contributed by atoms with E-state index in [0.717, 1.165) is 12.0 Å². The summed E-state index contributed by atoms with van der Waals surface area (Å²) >= 11 is 0. The van der Waals surface area contributed by atoms with E-state index in [0.29, 0.717) is 39.1 Å². The Hall–Kier alpha value is -1.99. The van der Waals surface area contributed by atoms with Crippen molar-refractivity contribution in [3.63, 3.8) is 0 Å². The van der Waals surface area contributed by atoms with Gasteiger partial charge in [-0.3, -0.25) is 19.8 Å². The van der Waals surface area contributed by atoms with Crippen LogP contribution in [0.4, 0.5) is 0 Å². The van der Waals surface area contributed by atoms with Gasteiger partial charge in [-0.1, -0.05) is 30.3 Å². The van der Waals surface area contributed by atoms with Crippen molar-refractivity contribution in [2.24, 2.45) is 11.7 Å². The third kappa shape index (κ3) is 3.46. The molecule has 1 saturated carbocycles. The average molecular weight is 361 g/mol. The van der Waals surface area contributed by atoms with Crippen molar-refractivity contribution in [3.05, 3.63) is 46.0 Å². The second-order valence-electron chi connectivity index (χ2n) is 7.46. The van der Waals surface area contributed by atoms with Crippen LogP contribution in [0.15, 0.2) is 30.3 Å². The van der Waals surface area contributed by atoms with Crippen molar-refractivity contribution in [3.8, 4) is 0 Å². The number of nitro groups is 1. The van der Waals surface area contributed by atoms with Crippen LogP contribution in [-0.4, -0.2) is 53.6 Å². The van der Waals surface area contributed by atoms with Gasteiger partial charge in [-0.2, -0.15) is 0 Å². The smallest absolute Gasteiger partial charge is 0.237 e. The van der Waals surface area contributed by atoms with E-state index in [1.165, 1.54) is 0 Å². The van der Waals surface area contributed by atoms with Gasteiger partial charge in [-0.15, -0.1) is 0 Å². The number of nitrogens with zero attached hydrogens (tertiary/aromatic N) is 2. The number of primary amides is 1. The normalized spacial score (nSPS) is 29.2. The third-order valence-electron chi connectivity index (χ3n) is 6.15. The monoisotopic (exact) mass is 361 g/mol. The van der Waals surface area contributed by atoms with Crippen LogP contribution in [-0.2, 0) is 9.53 Å². The molecule has 4 unspecified atom stereocenters. The van der Waals surface area contributed by atoms with E-state index in [-0.39, 0.29) is 22.7 Å². The van der Waals surface area contributed by atoms with Gasteiger partial charge in [0.2, 0.25) is 11.9 Å². The minimum absolute atomic E-state index is 0.0492. The highest BCUT2D eigenvalue weighted by Gasteiger charge is 2.52. The molecular weight excluding hydrogens is 334 g/mol. The van der Waals surface area contributed by atoms with Gasteiger partial charge in [-0.25, -0.2) is 0 Å². The van der Waals surface area contributed by atoms with Gasteiger partial charge in [0.15, 0.2) is 0 Å². The van der Waals surface area contributed by atoms with Crippen molar-refractivity contribution in [1.29, 1.82) is 0 Å². The predicted molar refractivity (Wildman–Crippen MR) is 97.3 cm³/mol. The van der Waals surface area contributed by atoms with E-state index < -0.39 is 11.6 Å². The fourth-order valence-corrected chi connectivity index (χ4v) is 4.78. The molecule has 1 aromatic rings. The van der Waals surface area contributed by atoms with Crippen LogP contribution >= 0.6 is 0 Å². The number of carbonyl (C=O) groups is 1. The Morgan fingerprint density at radius 2 is 2.00 bits per heavy atom. The van der Waals surface area contributed by atoms with Crippen molar-refractivity contribution in [2.45, 2.75) is 43.7 Å². The van der Waals surface area contributed by atoms with Crippen LogP contribution in [0.25, 0.3) is 0 Å². The van der Waals surface area contributed by atoms with Crippen LogP contribution in [0, 0.1) is 16.0 Å². The van der Waals surface area contributed by atoms with E-state index in [4.69, 9.17) is 10.5 Å². The maximum atomic E-state index is 12.4. The largest absolute Gasteiger partial charge is 0.379 e. The summed E-state index contributed by atoms with van der Waals surface area (Å²) in [5.74, 6) is -0.496. The number of carbonyl (C=O) groups excluding carboxylic acids is 1. The Balaban J connectivity index is 1.89. The Morgan fingerprint density at radius 3 is 2.58 bits per heavy atom. The number of nitrogens with two attached hydrogens (primary N) is 1. The minimum Gasteiger partial charge on any atom is -0.379 e. The van der Waals surface area contributed by atoms with Crippen molar-refractivity contribution < 1.29 is 14.5 Å². The van der Waals surface area contributed by atoms with Gasteiger partial charge in [0.1, 0.15) is 5.54 Å². The first-order valence-corrected chi connectivity index (χ1v) is 9.27. The van der Waals surface area contributed by atoms with Crippen molar-refractivity contribution in [1.82, 2.24) is 4.90 Å². The Morgan fingerprint density at radius 1 is 1.35 bits per heavy atom. The summed E-state index contributed by atoms with van der Waals surface area (Å²) in [5.41, 5.74) is 6.10. The molecule has 1 aliphatic heterocycles. The molecule has 1 heterocycles. The summed E-state index contributed by atoms with van der Waals surface area (Å²) in [7, 11) is 0. The number of ether oxygens (including phenoxy) is 1. The zero-order valence-corrected chi connectivity index (χ0v) is 15.2. The fraction of sp³-hybridized carbons (Fsp3) is 0.632. The molecule has 1 aromatic carbocycles. The lowest BCUT2D eigenvalue weighted by molar-refractivity contribution is -0.524. The maximum absolute atomic E-state index is 12.4. The zero-order chi connectivity index (χ0) is 18.7. The van der Waals surface area contributed by atoms with Crippen LogP contribution in [0.3, 0.4) is 0 Å². The number of amides is 1. The second kappa shape index (κ2) is 7.72. The lowest BCUT2D eigenvalue weighted by Gasteiger charge is -2.41. The molecule has 7 heteroatoms. The van der Waals surface area contributed by atoms with Crippen molar-refractivity contribution >= 4 is 5.91 Å². The molecule has 0 spiro atoms. The first kappa shape index (κ1) is 18.8. The molecule has 0 radical (unpaired) electrons. The number of hydrogen-bond acceptors (Lipinski definition) is 5. The van der Waals surface area contributed by atoms with Gasteiger partial charge in [-0.05, 0) is 30.7 Å². The van der Waals surface area contributed by atoms with Gasteiger partial charge in [0.25, 0.3) is 0 Å². The fourth-order valence-electron chi connectivity index (χ4n) is 4.78. The molecule has 4 atom stereocenters. The van der Waals surface area contributed by atoms with Gasteiger partial charge >= 0.3 is 0 Å². The lowest BCUT2D eigenvalue weighted by atomic mass is 9.79. The van der Waals surface area contributed by atoms with E-state index in [2.05, 4.69) is 4.90 Å². The van der Waals surface area contributed by atoms with Gasteiger partial charge in [0, 0.05) is 24.9 Å². The third-order valence-corrected chi connectivity index (χ3v) is 6.15. The van der Waals surface area contributed by atoms with Crippen LogP contribution < -0.4 is 5.73 Å². The number of morpholine rings is 1. The number of rotatable bonds is 6. The highest BCUT2D eigenvalue weighted by atomic mass is 16.6. The van der Waals surface area contributed by atoms with E-state index in [1.54, 1.807) is 6.92 Å². The SMILES string of the molecule is CC(C(c1ccccc1)C1CCC(C(N)=O)(N2CCOCC2)C1)[N+](=O)[O-]. The summed E-state index contributed by atoms with van der Waals surface area (Å²) in [6.45, 7) is 4.20. The predicted octanol–water partition coefficient (Wildman–Crippen LogP) is 1.79. The molecule has 0 aromatic heterocycles. The molecule has 1 saturated heterocycles. The molecule has 142 valence electrons. The highest BCUT2D eigenvalue weighted by molar-refractivity contribution is 5.85. The first-order chi connectivity index (χ1) is 12.5. The molecule has 1 aliphatic carbocycles. The summed E-state index contributed by atoms with van der Waals surface area (Å²) in [4.78, 5) is 25.9. The van der Waals surface area contributed by atoms with E-state index >= 15 is 0 Å². The molecule has 26 heavy (non-hydrogen) atoms. The molecular formula is C19H27N3O4. The Bertz CT molecular complexity index is 647. The summed E-state index contributed by atoms with van der Waals surface area (Å²) in [6.07, 6.45) is 1.99. The molecule has 1 amide bonds. The Kier molecular flexibility index (Phi) is 5.58. The summed E-state index contributed by atoms with van der Waals surface area (Å²) < 4.78 is 5.41. The summed E-state index contributed by atoms with van der Waals surface area (Å²) in [5, 5.41) is 11.6. The molecule has 2 N–H and O–H groups in total. The summed E-state index contributed by atoms with van der Waals surface area (Å²) in [6, 6.07) is 8.91. The van der Waals surface area contributed by atoms with E-state index in [9.17, 15) is 14.9 Å². The number of hydrogen-bond donors (Lipinski definition) is 1. The Labute approximate surface area is 153 Å². The van der Waals surface area contributed by atoms with Crippen LogP contribution in [0.5, 0.6) is 0 Å². The second-order valence-corrected chi connectivity index (χ2v) is 7.46. The zero-order valence-electron chi connectivity index (χ0n) is 15.2. The highest BCUT2D eigenvalue weighted by Crippen LogP contribution is 2.47. The van der Waals surface area contributed by atoms with Crippen molar-refractivity contribution in [2.75, 3.05) is 26.3 Å². The maximum Gasteiger partial charge on any atom is 0.237 e. The standard InChI is InChI=1S/C19H27N3O4/c1-14(22(24)25)17(15-5-3-2-4-6-15)16-7-8-19(13-16,18(20)23)21-9-11-26-12-10-21/h2-6,14,16-17H,7-13H2,1H3,(H2,20,23). The quantitative estimate of drug-likeness (QED) is 0.615. The minimum atomic E-state index is -0.712. The van der Waals surface area contributed by atoms with E-state index in [1.807, 2.05) is 30.3 Å². The molecule has 2 fully saturated rings. The first-order valence-electron chi connectivity index (χ1n) is 9.27. The van der Waals surface area contributed by atoms with Crippen LogP contribution in [0.2, 0.25) is 0 Å². The van der Waals surface area contributed by atoms with Crippen LogP contribution in [0.1, 0.15) is 37.7 Å². The molecule has 3 rings (SSSR count).